The Morgan fingerprint density at radius 3 is 2.83 bits per heavy atom. The highest BCUT2D eigenvalue weighted by Gasteiger charge is 2.34. The number of aromatic nitrogens is 4. The lowest BCUT2D eigenvalue weighted by Crippen LogP contribution is -2.52. The molecule has 0 unspecified atom stereocenters. The number of pyridine rings is 2. The fourth-order valence-corrected chi connectivity index (χ4v) is 4.14. The van der Waals surface area contributed by atoms with Crippen LogP contribution in [-0.4, -0.2) is 44.7 Å². The van der Waals surface area contributed by atoms with Gasteiger partial charge in [0.1, 0.15) is 17.7 Å². The van der Waals surface area contributed by atoms with Crippen molar-refractivity contribution in [3.05, 3.63) is 35.9 Å². The van der Waals surface area contributed by atoms with Crippen molar-refractivity contribution in [3.8, 4) is 0 Å². The monoisotopic (exact) mass is 405 g/mol. The third kappa shape index (κ3) is 2.97. The van der Waals surface area contributed by atoms with Crippen LogP contribution >= 0.6 is 0 Å². The number of rotatable bonds is 2. The van der Waals surface area contributed by atoms with Crippen LogP contribution in [-0.2, 0) is 11.3 Å². The van der Waals surface area contributed by atoms with Crippen LogP contribution in [0, 0.1) is 0 Å². The maximum absolute atomic E-state index is 12.9. The van der Waals surface area contributed by atoms with Gasteiger partial charge in [-0.1, -0.05) is 0 Å². The predicted octanol–water partition coefficient (Wildman–Crippen LogP) is 3.11. The van der Waals surface area contributed by atoms with E-state index in [9.17, 15) is 4.79 Å². The lowest BCUT2D eigenvalue weighted by molar-refractivity contribution is -0.0335. The van der Waals surface area contributed by atoms with Crippen LogP contribution in [0.3, 0.4) is 0 Å². The Kier molecular flexibility index (Phi) is 3.92. The highest BCUT2D eigenvalue weighted by atomic mass is 16.5. The summed E-state index contributed by atoms with van der Waals surface area (Å²) in [4.78, 5) is 26.8. The zero-order valence-corrected chi connectivity index (χ0v) is 16.7. The molecule has 4 heterocycles. The number of carbonyl (C=O) groups excluding carboxylic acids is 1. The quantitative estimate of drug-likeness (QED) is 0.601. The van der Waals surface area contributed by atoms with Gasteiger partial charge in [0.25, 0.3) is 0 Å². The average Bonchev–Trinajstić information content (AvgIpc) is 3.49. The molecule has 2 aliphatic carbocycles. The summed E-state index contributed by atoms with van der Waals surface area (Å²) < 4.78 is 7.58. The van der Waals surface area contributed by atoms with E-state index >= 15 is 0 Å². The largest absolute Gasteiger partial charge is 0.386 e. The molecule has 6 rings (SSSR count). The van der Waals surface area contributed by atoms with Gasteiger partial charge in [-0.15, -0.1) is 0 Å². The van der Waals surface area contributed by atoms with Gasteiger partial charge in [-0.3, -0.25) is 4.98 Å². The van der Waals surface area contributed by atoms with E-state index < -0.39 is 0 Å². The van der Waals surface area contributed by atoms with E-state index in [1.54, 1.807) is 0 Å². The standard InChI is InChI=1S/C21H23N7O2/c1-22-16-8-18-25-12-6-13(24-15(7-12)11-2-3-11)9-30-17-5-4-14(17)26-21(29)28-10-23-19(16)20(28)27-18/h6-8,10-11,14,17H,2-5,9H2,1H3,(H,26,29)(H2,22,25,27)/t14-,17-/m1/s1. The normalized spacial score (nSPS) is 23.2. The Morgan fingerprint density at radius 2 is 2.07 bits per heavy atom. The Labute approximate surface area is 173 Å². The summed E-state index contributed by atoms with van der Waals surface area (Å²) in [6, 6.07) is 5.75. The van der Waals surface area contributed by atoms with Crippen molar-refractivity contribution in [2.45, 2.75) is 50.4 Å². The van der Waals surface area contributed by atoms with E-state index in [0.29, 0.717) is 29.5 Å². The number of nitrogens with one attached hydrogen (secondary N) is 3. The summed E-state index contributed by atoms with van der Waals surface area (Å²) in [6.07, 6.45) is 5.70. The third-order valence-corrected chi connectivity index (χ3v) is 6.12. The maximum Gasteiger partial charge on any atom is 0.328 e. The highest BCUT2D eigenvalue weighted by molar-refractivity contribution is 5.94. The first-order chi connectivity index (χ1) is 14.7. The average molecular weight is 405 g/mol. The topological polar surface area (TPSA) is 106 Å². The number of hydrogen-bond donors (Lipinski definition) is 3. The second kappa shape index (κ2) is 6.66. The molecule has 30 heavy (non-hydrogen) atoms. The second-order valence-corrected chi connectivity index (χ2v) is 8.25. The number of amides is 1. The Balaban J connectivity index is 1.49. The van der Waals surface area contributed by atoms with Gasteiger partial charge in [0.2, 0.25) is 0 Å². The summed E-state index contributed by atoms with van der Waals surface area (Å²) >= 11 is 0. The SMILES string of the molecule is CNc1cc2nc3c1ncn3C(=O)N[C@@H]1CC[C@H]1OCc1cc(cc(C3CC3)n1)N2. The van der Waals surface area contributed by atoms with Gasteiger partial charge in [-0.25, -0.2) is 19.3 Å². The van der Waals surface area contributed by atoms with Gasteiger partial charge < -0.3 is 20.7 Å². The van der Waals surface area contributed by atoms with Gasteiger partial charge in [-0.2, -0.15) is 0 Å². The molecule has 3 aromatic rings. The predicted molar refractivity (Wildman–Crippen MR) is 112 cm³/mol. The van der Waals surface area contributed by atoms with Crippen molar-refractivity contribution in [1.29, 1.82) is 0 Å². The van der Waals surface area contributed by atoms with Crippen LogP contribution in [0.25, 0.3) is 11.2 Å². The summed E-state index contributed by atoms with van der Waals surface area (Å²) in [6.45, 7) is 0.427. The summed E-state index contributed by atoms with van der Waals surface area (Å²) in [7, 11) is 1.84. The van der Waals surface area contributed by atoms with Gasteiger partial charge >= 0.3 is 6.03 Å². The Hall–Kier alpha value is -3.20. The van der Waals surface area contributed by atoms with Crippen LogP contribution in [0.15, 0.2) is 24.5 Å². The molecule has 2 atom stereocenters. The fraction of sp³-hybridized carbons (Fsp3) is 0.429. The van der Waals surface area contributed by atoms with Crippen molar-refractivity contribution >= 4 is 34.4 Å². The minimum atomic E-state index is -0.243. The second-order valence-electron chi connectivity index (χ2n) is 8.25. The third-order valence-electron chi connectivity index (χ3n) is 6.12. The first-order valence-corrected chi connectivity index (χ1v) is 10.4. The molecule has 0 aromatic carbocycles. The minimum absolute atomic E-state index is 0.00847. The lowest BCUT2D eigenvalue weighted by Gasteiger charge is -2.36. The van der Waals surface area contributed by atoms with E-state index in [1.807, 2.05) is 19.2 Å². The molecule has 0 radical (unpaired) electrons. The van der Waals surface area contributed by atoms with Gasteiger partial charge in [0.05, 0.1) is 30.1 Å². The molecule has 0 saturated heterocycles. The van der Waals surface area contributed by atoms with Gasteiger partial charge in [0.15, 0.2) is 5.65 Å². The number of fused-ring (bicyclic) bond motifs is 4. The summed E-state index contributed by atoms with van der Waals surface area (Å²) in [5, 5.41) is 9.63. The van der Waals surface area contributed by atoms with Crippen LogP contribution in [0.4, 0.5) is 22.0 Å². The molecule has 3 aliphatic rings. The molecule has 9 nitrogen and oxygen atoms in total. The van der Waals surface area contributed by atoms with Crippen LogP contribution in [0.1, 0.15) is 43.0 Å². The molecule has 9 heteroatoms. The molecule has 0 spiro atoms. The molecule has 1 aliphatic heterocycles. The minimum Gasteiger partial charge on any atom is -0.386 e. The molecule has 3 aromatic heterocycles. The smallest absolute Gasteiger partial charge is 0.328 e. The van der Waals surface area contributed by atoms with Crippen molar-refractivity contribution in [1.82, 2.24) is 24.8 Å². The Bertz CT molecular complexity index is 1150. The van der Waals surface area contributed by atoms with Crippen molar-refractivity contribution in [3.63, 3.8) is 0 Å². The van der Waals surface area contributed by atoms with E-state index in [2.05, 4.69) is 27.0 Å². The fourth-order valence-electron chi connectivity index (χ4n) is 4.14. The van der Waals surface area contributed by atoms with E-state index in [4.69, 9.17) is 14.7 Å². The number of ether oxygens (including phenoxy) is 1. The molecule has 4 bridgehead atoms. The Morgan fingerprint density at radius 1 is 1.17 bits per heavy atom. The number of nitrogens with zero attached hydrogens (tertiary/aromatic N) is 4. The zero-order chi connectivity index (χ0) is 20.2. The first kappa shape index (κ1) is 17.6. The van der Waals surface area contributed by atoms with Crippen molar-refractivity contribution in [2.75, 3.05) is 17.7 Å². The lowest BCUT2D eigenvalue weighted by atomic mass is 9.89. The molecule has 3 N–H and O–H groups in total. The number of hydrogen-bond acceptors (Lipinski definition) is 7. The number of imidazole rings is 1. The van der Waals surface area contributed by atoms with E-state index in [1.165, 1.54) is 23.7 Å². The van der Waals surface area contributed by atoms with Crippen molar-refractivity contribution in [2.24, 2.45) is 0 Å². The molecular weight excluding hydrogens is 382 g/mol. The molecule has 154 valence electrons. The van der Waals surface area contributed by atoms with Gasteiger partial charge in [0, 0.05) is 30.4 Å². The molecule has 2 fully saturated rings. The maximum atomic E-state index is 12.9. The van der Waals surface area contributed by atoms with Crippen LogP contribution < -0.4 is 16.0 Å². The van der Waals surface area contributed by atoms with Gasteiger partial charge in [-0.05, 0) is 37.8 Å². The van der Waals surface area contributed by atoms with E-state index in [-0.39, 0.29) is 18.2 Å². The first-order valence-electron chi connectivity index (χ1n) is 10.4. The van der Waals surface area contributed by atoms with Crippen LogP contribution in [0.5, 0.6) is 0 Å². The number of carbonyl (C=O) groups is 1. The summed E-state index contributed by atoms with van der Waals surface area (Å²) in [5.41, 5.74) is 4.90. The van der Waals surface area contributed by atoms with Crippen LogP contribution in [0.2, 0.25) is 0 Å². The number of anilines is 3. The molecular formula is C21H23N7O2. The molecule has 2 saturated carbocycles. The zero-order valence-electron chi connectivity index (χ0n) is 16.7. The highest BCUT2D eigenvalue weighted by Crippen LogP contribution is 2.40. The van der Waals surface area contributed by atoms with Crippen molar-refractivity contribution < 1.29 is 9.53 Å². The summed E-state index contributed by atoms with van der Waals surface area (Å²) in [5.74, 6) is 1.17. The van der Waals surface area contributed by atoms with E-state index in [0.717, 1.165) is 35.6 Å². The molecule has 1 amide bonds.